The van der Waals surface area contributed by atoms with Crippen LogP contribution in [0.25, 0.3) is 0 Å². The molecular weight excluding hydrogens is 190 g/mol. The van der Waals surface area contributed by atoms with Crippen molar-refractivity contribution in [2.45, 2.75) is 20.0 Å². The topological polar surface area (TPSA) is 30.5 Å². The number of hydrogen-bond donors (Lipinski definition) is 1. The summed E-state index contributed by atoms with van der Waals surface area (Å²) >= 11 is 0. The molecule has 0 bridgehead atoms. The number of anilines is 1. The molecule has 1 N–H and O–H groups in total. The normalized spacial score (nSPS) is 12.2. The first-order valence-corrected chi connectivity index (χ1v) is 5.25. The van der Waals surface area contributed by atoms with Crippen molar-refractivity contribution in [3.05, 3.63) is 24.3 Å². The van der Waals surface area contributed by atoms with E-state index >= 15 is 0 Å². The average Bonchev–Trinajstić information content (AvgIpc) is 2.28. The number of nitrogens with one attached hydrogen (secondary N) is 1. The van der Waals surface area contributed by atoms with Gasteiger partial charge in [-0.1, -0.05) is 0 Å². The summed E-state index contributed by atoms with van der Waals surface area (Å²) in [6, 6.07) is 7.94. The van der Waals surface area contributed by atoms with Crippen molar-refractivity contribution >= 4 is 5.69 Å². The maximum absolute atomic E-state index is 5.36. The highest BCUT2D eigenvalue weighted by molar-refractivity contribution is 5.46. The van der Waals surface area contributed by atoms with Gasteiger partial charge in [0.1, 0.15) is 5.75 Å². The van der Waals surface area contributed by atoms with Gasteiger partial charge in [-0.25, -0.2) is 0 Å². The molecule has 0 aliphatic carbocycles. The number of methoxy groups -OCH3 is 1. The van der Waals surface area contributed by atoms with E-state index in [0.717, 1.165) is 18.0 Å². The Balaban J connectivity index is 2.42. The van der Waals surface area contributed by atoms with E-state index in [2.05, 4.69) is 5.32 Å². The molecule has 1 aromatic carbocycles. The van der Waals surface area contributed by atoms with Gasteiger partial charge in [0.05, 0.1) is 12.7 Å². The Kier molecular flexibility index (Phi) is 4.98. The van der Waals surface area contributed by atoms with Crippen LogP contribution in [-0.4, -0.2) is 26.4 Å². The van der Waals surface area contributed by atoms with Gasteiger partial charge in [-0.3, -0.25) is 0 Å². The van der Waals surface area contributed by atoms with Crippen LogP contribution in [0.15, 0.2) is 24.3 Å². The van der Waals surface area contributed by atoms with Crippen LogP contribution in [0.3, 0.4) is 0 Å². The molecule has 0 aliphatic rings. The van der Waals surface area contributed by atoms with Crippen LogP contribution in [0.1, 0.15) is 13.8 Å². The minimum atomic E-state index is 0.219. The first-order valence-electron chi connectivity index (χ1n) is 5.25. The van der Waals surface area contributed by atoms with Crippen molar-refractivity contribution in [1.82, 2.24) is 0 Å². The first kappa shape index (κ1) is 11.9. The molecule has 15 heavy (non-hydrogen) atoms. The Morgan fingerprint density at radius 1 is 1.27 bits per heavy atom. The van der Waals surface area contributed by atoms with Crippen molar-refractivity contribution in [3.8, 4) is 5.75 Å². The molecule has 84 valence electrons. The Hall–Kier alpha value is -1.22. The van der Waals surface area contributed by atoms with Crippen LogP contribution in [0.5, 0.6) is 5.75 Å². The Morgan fingerprint density at radius 2 is 1.93 bits per heavy atom. The van der Waals surface area contributed by atoms with Gasteiger partial charge >= 0.3 is 0 Å². The molecule has 1 rings (SSSR count). The first-order chi connectivity index (χ1) is 7.26. The van der Waals surface area contributed by atoms with E-state index < -0.39 is 0 Å². The maximum Gasteiger partial charge on any atom is 0.119 e. The molecular formula is C12H19NO2. The van der Waals surface area contributed by atoms with E-state index in [0.29, 0.717) is 6.61 Å². The van der Waals surface area contributed by atoms with Gasteiger partial charge in [0, 0.05) is 19.3 Å². The zero-order valence-corrected chi connectivity index (χ0v) is 9.62. The summed E-state index contributed by atoms with van der Waals surface area (Å²) < 4.78 is 10.5. The molecule has 0 saturated heterocycles. The van der Waals surface area contributed by atoms with E-state index in [9.17, 15) is 0 Å². The fraction of sp³-hybridized carbons (Fsp3) is 0.500. The molecule has 0 spiro atoms. The summed E-state index contributed by atoms with van der Waals surface area (Å²) in [5.41, 5.74) is 1.09. The highest BCUT2D eigenvalue weighted by Gasteiger charge is 1.99. The molecule has 0 amide bonds. The lowest BCUT2D eigenvalue weighted by Gasteiger charge is -2.12. The third-order valence-corrected chi connectivity index (χ3v) is 2.16. The number of rotatable bonds is 6. The molecule has 0 aliphatic heterocycles. The van der Waals surface area contributed by atoms with Gasteiger partial charge in [-0.15, -0.1) is 0 Å². The zero-order chi connectivity index (χ0) is 11.1. The summed E-state index contributed by atoms with van der Waals surface area (Å²) in [7, 11) is 1.71. The summed E-state index contributed by atoms with van der Waals surface area (Å²) in [6.45, 7) is 5.52. The van der Waals surface area contributed by atoms with Gasteiger partial charge in [-0.2, -0.15) is 0 Å². The van der Waals surface area contributed by atoms with Crippen molar-refractivity contribution in [2.75, 3.05) is 25.6 Å². The molecule has 0 aromatic heterocycles. The van der Waals surface area contributed by atoms with E-state index in [1.807, 2.05) is 38.1 Å². The Morgan fingerprint density at radius 3 is 2.47 bits per heavy atom. The summed E-state index contributed by atoms with van der Waals surface area (Å²) in [5, 5.41) is 3.28. The molecule has 0 radical (unpaired) electrons. The van der Waals surface area contributed by atoms with Crippen LogP contribution >= 0.6 is 0 Å². The highest BCUT2D eigenvalue weighted by atomic mass is 16.5. The third kappa shape index (κ3) is 4.21. The Labute approximate surface area is 91.4 Å². The van der Waals surface area contributed by atoms with E-state index in [-0.39, 0.29) is 6.10 Å². The minimum absolute atomic E-state index is 0.219. The van der Waals surface area contributed by atoms with Gasteiger partial charge in [-0.05, 0) is 38.1 Å². The zero-order valence-electron chi connectivity index (χ0n) is 9.62. The van der Waals surface area contributed by atoms with Crippen LogP contribution in [0, 0.1) is 0 Å². The summed E-state index contributed by atoms with van der Waals surface area (Å²) in [5.74, 6) is 0.905. The standard InChI is InChI=1S/C12H19NO2/c1-4-15-12-7-5-11(6-8-12)13-9-10(2)14-3/h5-8,10,13H,4,9H2,1-3H3. The second kappa shape index (κ2) is 6.30. The number of hydrogen-bond acceptors (Lipinski definition) is 3. The third-order valence-electron chi connectivity index (χ3n) is 2.16. The second-order valence-corrected chi connectivity index (χ2v) is 3.38. The highest BCUT2D eigenvalue weighted by Crippen LogP contribution is 2.15. The molecule has 0 saturated carbocycles. The SMILES string of the molecule is CCOc1ccc(NCC(C)OC)cc1. The lowest BCUT2D eigenvalue weighted by atomic mass is 10.3. The largest absolute Gasteiger partial charge is 0.494 e. The molecule has 1 aromatic rings. The average molecular weight is 209 g/mol. The number of ether oxygens (including phenoxy) is 2. The second-order valence-electron chi connectivity index (χ2n) is 3.38. The van der Waals surface area contributed by atoms with Crippen LogP contribution in [-0.2, 0) is 4.74 Å². The van der Waals surface area contributed by atoms with Crippen molar-refractivity contribution < 1.29 is 9.47 Å². The smallest absolute Gasteiger partial charge is 0.119 e. The van der Waals surface area contributed by atoms with Crippen LogP contribution in [0.4, 0.5) is 5.69 Å². The lowest BCUT2D eigenvalue weighted by Crippen LogP contribution is -2.17. The minimum Gasteiger partial charge on any atom is -0.494 e. The van der Waals surface area contributed by atoms with Gasteiger partial charge < -0.3 is 14.8 Å². The summed E-state index contributed by atoms with van der Waals surface area (Å²) in [6.07, 6.45) is 0.219. The fourth-order valence-electron chi connectivity index (χ4n) is 1.18. The maximum atomic E-state index is 5.36. The van der Waals surface area contributed by atoms with E-state index in [1.165, 1.54) is 0 Å². The quantitative estimate of drug-likeness (QED) is 0.781. The van der Waals surface area contributed by atoms with Crippen molar-refractivity contribution in [2.24, 2.45) is 0 Å². The van der Waals surface area contributed by atoms with Gasteiger partial charge in [0.2, 0.25) is 0 Å². The lowest BCUT2D eigenvalue weighted by molar-refractivity contribution is 0.129. The Bertz CT molecular complexity index is 271. The monoisotopic (exact) mass is 209 g/mol. The fourth-order valence-corrected chi connectivity index (χ4v) is 1.18. The predicted molar refractivity (Wildman–Crippen MR) is 62.6 cm³/mol. The van der Waals surface area contributed by atoms with Gasteiger partial charge in [0.25, 0.3) is 0 Å². The predicted octanol–water partition coefficient (Wildman–Crippen LogP) is 2.53. The van der Waals surface area contributed by atoms with Crippen LogP contribution in [0.2, 0.25) is 0 Å². The molecule has 1 unspecified atom stereocenters. The summed E-state index contributed by atoms with van der Waals surface area (Å²) in [4.78, 5) is 0. The van der Waals surface area contributed by atoms with E-state index in [4.69, 9.17) is 9.47 Å². The molecule has 3 heteroatoms. The molecule has 3 nitrogen and oxygen atoms in total. The molecule has 0 fully saturated rings. The molecule has 0 heterocycles. The van der Waals surface area contributed by atoms with Crippen LogP contribution < -0.4 is 10.1 Å². The molecule has 1 atom stereocenters. The number of benzene rings is 1. The van der Waals surface area contributed by atoms with Crippen molar-refractivity contribution in [1.29, 1.82) is 0 Å². The van der Waals surface area contributed by atoms with Gasteiger partial charge in [0.15, 0.2) is 0 Å². The van der Waals surface area contributed by atoms with E-state index in [1.54, 1.807) is 7.11 Å². The van der Waals surface area contributed by atoms with Crippen molar-refractivity contribution in [3.63, 3.8) is 0 Å².